The standard InChI is InChI=1S/C28H26FNO4S/c1-18-2-4-20(5-3-18)26(32)28-27(24-11-6-21(31)14-25(24)35-28)34-23-9-7-22(8-10-23)33-13-12-30-16-19(15-29)17-30/h2-11,14,19,31H,12-13,15-17H2,1H3. The first-order valence-corrected chi connectivity index (χ1v) is 12.4. The summed E-state index contributed by atoms with van der Waals surface area (Å²) >= 11 is 1.30. The molecule has 3 aromatic carbocycles. The second kappa shape index (κ2) is 10.1. The van der Waals surface area contributed by atoms with Crippen molar-refractivity contribution >= 4 is 27.2 Å². The number of fused-ring (bicyclic) bond motifs is 1. The molecule has 1 saturated heterocycles. The Kier molecular flexibility index (Phi) is 6.70. The molecule has 0 atom stereocenters. The Labute approximate surface area is 207 Å². The fourth-order valence-electron chi connectivity index (χ4n) is 4.12. The van der Waals surface area contributed by atoms with Gasteiger partial charge in [-0.1, -0.05) is 29.8 Å². The number of likely N-dealkylation sites (tertiary alicyclic amines) is 1. The van der Waals surface area contributed by atoms with Gasteiger partial charge < -0.3 is 14.6 Å². The van der Waals surface area contributed by atoms with Crippen LogP contribution in [0.3, 0.4) is 0 Å². The molecule has 180 valence electrons. The molecule has 1 N–H and O–H groups in total. The molecule has 0 amide bonds. The van der Waals surface area contributed by atoms with Gasteiger partial charge in [-0.25, -0.2) is 0 Å². The number of ketones is 1. The number of ether oxygens (including phenoxy) is 2. The van der Waals surface area contributed by atoms with Crippen LogP contribution in [0.2, 0.25) is 0 Å². The van der Waals surface area contributed by atoms with Gasteiger partial charge in [0.2, 0.25) is 5.78 Å². The number of phenolic OH excluding ortho intramolecular Hbond substituents is 1. The molecule has 0 unspecified atom stereocenters. The molecule has 0 saturated carbocycles. The van der Waals surface area contributed by atoms with Crippen molar-refractivity contribution in [2.45, 2.75) is 6.92 Å². The van der Waals surface area contributed by atoms with E-state index in [2.05, 4.69) is 4.90 Å². The molecule has 1 aliphatic rings. The van der Waals surface area contributed by atoms with Gasteiger partial charge in [-0.3, -0.25) is 14.1 Å². The number of carbonyl (C=O) groups is 1. The number of thiophene rings is 1. The van der Waals surface area contributed by atoms with Crippen molar-refractivity contribution in [2.24, 2.45) is 5.92 Å². The summed E-state index contributed by atoms with van der Waals surface area (Å²) < 4.78 is 25.4. The molecule has 1 aromatic heterocycles. The summed E-state index contributed by atoms with van der Waals surface area (Å²) in [6.45, 7) is 4.62. The van der Waals surface area contributed by atoms with Crippen LogP contribution in [0.4, 0.5) is 4.39 Å². The highest BCUT2D eigenvalue weighted by Gasteiger charge is 2.26. The van der Waals surface area contributed by atoms with E-state index < -0.39 is 0 Å². The third-order valence-corrected chi connectivity index (χ3v) is 7.25. The zero-order valence-electron chi connectivity index (χ0n) is 19.4. The number of carbonyl (C=O) groups excluding carboxylic acids is 1. The number of hydrogen-bond acceptors (Lipinski definition) is 6. The lowest BCUT2D eigenvalue weighted by Gasteiger charge is -2.37. The lowest BCUT2D eigenvalue weighted by molar-refractivity contribution is 0.0668. The topological polar surface area (TPSA) is 59.0 Å². The van der Waals surface area contributed by atoms with Gasteiger partial charge in [0.05, 0.1) is 6.67 Å². The maximum Gasteiger partial charge on any atom is 0.206 e. The first-order chi connectivity index (χ1) is 17.0. The summed E-state index contributed by atoms with van der Waals surface area (Å²) in [5, 5.41) is 10.7. The van der Waals surface area contributed by atoms with Gasteiger partial charge in [0.15, 0.2) is 5.75 Å². The number of halogens is 1. The molecule has 1 aliphatic heterocycles. The molecule has 1 fully saturated rings. The van der Waals surface area contributed by atoms with Crippen molar-refractivity contribution in [3.8, 4) is 23.0 Å². The SMILES string of the molecule is Cc1ccc(C(=O)c2sc3cc(O)ccc3c2Oc2ccc(OCCN3CC(CF)C3)cc2)cc1. The molecule has 35 heavy (non-hydrogen) atoms. The second-order valence-electron chi connectivity index (χ2n) is 8.84. The number of rotatable bonds is 9. The summed E-state index contributed by atoms with van der Waals surface area (Å²) in [4.78, 5) is 16.0. The van der Waals surface area contributed by atoms with E-state index in [0.717, 1.165) is 41.0 Å². The van der Waals surface area contributed by atoms with Gasteiger partial charge in [0.1, 0.15) is 28.7 Å². The smallest absolute Gasteiger partial charge is 0.206 e. The predicted octanol–water partition coefficient (Wildman–Crippen LogP) is 6.22. The van der Waals surface area contributed by atoms with Gasteiger partial charge in [-0.2, -0.15) is 0 Å². The van der Waals surface area contributed by atoms with E-state index in [0.29, 0.717) is 28.5 Å². The molecule has 0 radical (unpaired) electrons. The average molecular weight is 492 g/mol. The quantitative estimate of drug-likeness (QED) is 0.282. The third-order valence-electron chi connectivity index (χ3n) is 6.12. The zero-order chi connectivity index (χ0) is 24.4. The van der Waals surface area contributed by atoms with Crippen LogP contribution >= 0.6 is 11.3 Å². The van der Waals surface area contributed by atoms with Crippen molar-refractivity contribution in [1.29, 1.82) is 0 Å². The molecule has 5 rings (SSSR count). The Bertz CT molecular complexity index is 1330. The highest BCUT2D eigenvalue weighted by atomic mass is 32.1. The largest absolute Gasteiger partial charge is 0.508 e. The molecular weight excluding hydrogens is 465 g/mol. The molecule has 2 heterocycles. The molecule has 5 nitrogen and oxygen atoms in total. The van der Waals surface area contributed by atoms with E-state index in [1.54, 1.807) is 18.2 Å². The van der Waals surface area contributed by atoms with E-state index in [9.17, 15) is 14.3 Å². The Morgan fingerprint density at radius 2 is 1.77 bits per heavy atom. The van der Waals surface area contributed by atoms with Crippen molar-refractivity contribution in [3.05, 3.63) is 82.7 Å². The fourth-order valence-corrected chi connectivity index (χ4v) is 5.24. The first-order valence-electron chi connectivity index (χ1n) is 11.6. The van der Waals surface area contributed by atoms with Crippen LogP contribution in [0.15, 0.2) is 66.7 Å². The number of aromatic hydroxyl groups is 1. The molecule has 0 aliphatic carbocycles. The molecule has 4 aromatic rings. The van der Waals surface area contributed by atoms with Gasteiger partial charge in [-0.15, -0.1) is 11.3 Å². The first kappa shape index (κ1) is 23.3. The summed E-state index contributed by atoms with van der Waals surface area (Å²) in [5.41, 5.74) is 1.66. The van der Waals surface area contributed by atoms with Gasteiger partial charge in [-0.05, 0) is 49.4 Å². The lowest BCUT2D eigenvalue weighted by atomic mass is 10.0. The molecule has 0 spiro atoms. The summed E-state index contributed by atoms with van der Waals surface area (Å²) in [7, 11) is 0. The van der Waals surface area contributed by atoms with Crippen LogP contribution in [0.1, 0.15) is 20.8 Å². The van der Waals surface area contributed by atoms with E-state index >= 15 is 0 Å². The monoisotopic (exact) mass is 491 g/mol. The van der Waals surface area contributed by atoms with E-state index in [4.69, 9.17) is 9.47 Å². The van der Waals surface area contributed by atoms with Crippen LogP contribution in [-0.2, 0) is 0 Å². The number of aryl methyl sites for hydroxylation is 1. The fraction of sp³-hybridized carbons (Fsp3) is 0.250. The Morgan fingerprint density at radius 1 is 1.06 bits per heavy atom. The molecule has 0 bridgehead atoms. The highest BCUT2D eigenvalue weighted by molar-refractivity contribution is 7.21. The van der Waals surface area contributed by atoms with Crippen molar-refractivity contribution in [3.63, 3.8) is 0 Å². The van der Waals surface area contributed by atoms with Crippen LogP contribution < -0.4 is 9.47 Å². The minimum absolute atomic E-state index is 0.123. The van der Waals surface area contributed by atoms with Gasteiger partial charge >= 0.3 is 0 Å². The zero-order valence-corrected chi connectivity index (χ0v) is 20.2. The second-order valence-corrected chi connectivity index (χ2v) is 9.89. The number of benzene rings is 3. The predicted molar refractivity (Wildman–Crippen MR) is 136 cm³/mol. The molecular formula is C28H26FNO4S. The highest BCUT2D eigenvalue weighted by Crippen LogP contribution is 2.42. The van der Waals surface area contributed by atoms with Crippen molar-refractivity contribution in [2.75, 3.05) is 32.9 Å². The van der Waals surface area contributed by atoms with Crippen LogP contribution in [0.5, 0.6) is 23.0 Å². The normalized spacial score (nSPS) is 14.1. The van der Waals surface area contributed by atoms with Crippen molar-refractivity contribution < 1.29 is 23.8 Å². The van der Waals surface area contributed by atoms with Gasteiger partial charge in [0, 0.05) is 41.2 Å². The minimum atomic E-state index is -0.252. The van der Waals surface area contributed by atoms with Crippen LogP contribution in [-0.4, -0.2) is 48.7 Å². The van der Waals surface area contributed by atoms with Gasteiger partial charge in [0.25, 0.3) is 0 Å². The summed E-state index contributed by atoms with van der Waals surface area (Å²) in [5.74, 6) is 1.96. The number of alkyl halides is 1. The summed E-state index contributed by atoms with van der Waals surface area (Å²) in [6.07, 6.45) is 0. The maximum atomic E-state index is 13.3. The molecule has 7 heteroatoms. The minimum Gasteiger partial charge on any atom is -0.508 e. The third kappa shape index (κ3) is 5.16. The average Bonchev–Trinajstić information content (AvgIpc) is 3.18. The number of nitrogens with zero attached hydrogens (tertiary/aromatic N) is 1. The number of hydrogen-bond donors (Lipinski definition) is 1. The van der Waals surface area contributed by atoms with Crippen molar-refractivity contribution in [1.82, 2.24) is 4.90 Å². The van der Waals surface area contributed by atoms with E-state index in [1.807, 2.05) is 55.5 Å². The lowest BCUT2D eigenvalue weighted by Crippen LogP contribution is -2.49. The maximum absolute atomic E-state index is 13.3. The van der Waals surface area contributed by atoms with Crippen LogP contribution in [0.25, 0.3) is 10.1 Å². The Hall–Kier alpha value is -3.42. The number of phenols is 1. The van der Waals surface area contributed by atoms with E-state index in [-0.39, 0.29) is 24.1 Å². The Balaban J connectivity index is 1.33. The Morgan fingerprint density at radius 3 is 2.49 bits per heavy atom. The summed E-state index contributed by atoms with van der Waals surface area (Å²) in [6, 6.07) is 19.7. The van der Waals surface area contributed by atoms with Crippen LogP contribution in [0, 0.1) is 12.8 Å². The van der Waals surface area contributed by atoms with E-state index in [1.165, 1.54) is 11.3 Å².